The molecule has 0 bridgehead atoms. The summed E-state index contributed by atoms with van der Waals surface area (Å²) in [5.41, 5.74) is 26.9. The first-order valence-electron chi connectivity index (χ1n) is 35.9. The molecule has 6 nitrogen and oxygen atoms in total. The summed E-state index contributed by atoms with van der Waals surface area (Å²) in [6, 6.07) is 52.8. The third kappa shape index (κ3) is 22.1. The van der Waals surface area contributed by atoms with Crippen LogP contribution in [0.25, 0.3) is 0 Å². The van der Waals surface area contributed by atoms with Gasteiger partial charge in [-0.05, 0) is 129 Å². The molecule has 0 saturated heterocycles. The van der Waals surface area contributed by atoms with Crippen LogP contribution in [0.4, 0.5) is 86.7 Å². The predicted octanol–water partition coefficient (Wildman–Crippen LogP) is 10.8. The van der Waals surface area contributed by atoms with E-state index in [0.29, 0.717) is 0 Å². The predicted molar refractivity (Wildman–Crippen MR) is 433 cm³/mol. The maximum atomic E-state index is 9.67. The third-order valence-electron chi connectivity index (χ3n) is 21.7. The fraction of sp³-hybridized carbons (Fsp3) is 0.349. The Kier molecular flexibility index (Phi) is 38.7. The van der Waals surface area contributed by atoms with Crippen LogP contribution in [0, 0.1) is 0 Å². The van der Waals surface area contributed by atoms with E-state index in [1.165, 1.54) is 113 Å². The lowest BCUT2D eigenvalue weighted by atomic mass is 9.81. The number of unbranched alkanes of at least 4 members (excludes halogenated alkanes) is 1. The molecule has 0 spiro atoms. The van der Waals surface area contributed by atoms with Gasteiger partial charge in [0.25, 0.3) is 0 Å². The summed E-state index contributed by atoms with van der Waals surface area (Å²) >= 11 is 0. The van der Waals surface area contributed by atoms with E-state index in [2.05, 4.69) is 372 Å². The number of fused-ring (bicyclic) bond motifs is 6. The molecule has 0 N–H and O–H groups in total. The van der Waals surface area contributed by atoms with Crippen LogP contribution >= 0.6 is 0 Å². The summed E-state index contributed by atoms with van der Waals surface area (Å²) in [7, 11) is 3.88. The van der Waals surface area contributed by atoms with Crippen LogP contribution in [0.15, 0.2) is 241 Å². The number of benzene rings is 6. The second kappa shape index (κ2) is 43.1. The Balaban J connectivity index is 0.000000918. The summed E-state index contributed by atoms with van der Waals surface area (Å²) in [4.78, 5) is 4.74. The van der Waals surface area contributed by atoms with Gasteiger partial charge in [0.05, 0.1) is 21.7 Å². The van der Waals surface area contributed by atoms with Crippen LogP contribution in [0.2, 0.25) is 0 Å². The highest BCUT2D eigenvalue weighted by atomic mass is 19.4. The van der Waals surface area contributed by atoms with Crippen LogP contribution in [0.5, 0.6) is 0 Å². The SMILES string of the molecule is CN1C(=CC=C(C=CC2=[N+](C)c3ccccc3C2(C)C)CCC=CC2=[N+](C)c3ccccc3C2(C)C)C(C)(C)c2ccccc21.CN1C(=CCCC=C(C=CC2=[N+](C)c3ccccc3C2(C)C)CCC=CC2=[N+](C)c3ccccc3C2(C)C)C(C)(C)c2ccccc21.F.F.FB(F)F.FB(F)F.F[B]F.F[B]F.[F-].[F-].[F-].[F-]. The molecule has 6 heterocycles. The monoisotopic (exact) mass is 1570 g/mol. The zero-order valence-corrected chi connectivity index (χ0v) is 67.1. The highest BCUT2D eigenvalue weighted by molar-refractivity contribution is 6.33. The molecule has 0 atom stereocenters. The first-order valence-corrected chi connectivity index (χ1v) is 35.9. The first-order chi connectivity index (χ1) is 50.0. The summed E-state index contributed by atoms with van der Waals surface area (Å²) in [5, 5.41) is 0. The molecule has 0 amide bonds. The Labute approximate surface area is 655 Å². The first kappa shape index (κ1) is 101. The molecule has 0 aliphatic carbocycles. The number of halogens is 16. The molecule has 0 saturated carbocycles. The molecule has 112 heavy (non-hydrogen) atoms. The van der Waals surface area contributed by atoms with Gasteiger partial charge in [0.2, 0.25) is 22.7 Å². The number of hydrogen-bond acceptors (Lipinski definition) is 2. The lowest BCUT2D eigenvalue weighted by Crippen LogP contribution is -3.00. The molecule has 6 aromatic carbocycles. The summed E-state index contributed by atoms with van der Waals surface area (Å²) < 4.78 is 105. The lowest BCUT2D eigenvalue weighted by molar-refractivity contribution is -0.401. The highest BCUT2D eigenvalue weighted by Crippen LogP contribution is 2.49. The molecule has 6 aliphatic rings. The lowest BCUT2D eigenvalue weighted by Gasteiger charge is -2.24. The molecule has 0 unspecified atom stereocenters. The van der Waals surface area contributed by atoms with Crippen LogP contribution in [-0.4, -0.2) is 114 Å². The molecule has 0 fully saturated rings. The molecule has 602 valence electrons. The average Bonchev–Trinajstić information content (AvgIpc) is 1.65. The van der Waals surface area contributed by atoms with Crippen LogP contribution in [0.3, 0.4) is 0 Å². The van der Waals surface area contributed by atoms with Crippen LogP contribution < -0.4 is 28.6 Å². The number of rotatable bonds is 16. The second-order valence-corrected chi connectivity index (χ2v) is 30.2. The van der Waals surface area contributed by atoms with Crippen molar-refractivity contribution < 1.29 is 89.7 Å². The van der Waals surface area contributed by atoms with Crippen molar-refractivity contribution in [3.05, 3.63) is 274 Å². The van der Waals surface area contributed by atoms with E-state index in [1.54, 1.807) is 0 Å². The highest BCUT2D eigenvalue weighted by Gasteiger charge is 2.47. The quantitative estimate of drug-likeness (QED) is 0.0316. The van der Waals surface area contributed by atoms with Gasteiger partial charge < -0.3 is 28.6 Å². The number of allylic oxidation sites excluding steroid dienone is 16. The minimum atomic E-state index is -3.67. The van der Waals surface area contributed by atoms with Crippen molar-refractivity contribution in [2.75, 3.05) is 52.1 Å². The Morgan fingerprint density at radius 2 is 0.625 bits per heavy atom. The van der Waals surface area contributed by atoms with Gasteiger partial charge in [-0.3, -0.25) is 52.6 Å². The van der Waals surface area contributed by atoms with Crippen LogP contribution in [0.1, 0.15) is 155 Å². The second-order valence-electron chi connectivity index (χ2n) is 30.2. The van der Waals surface area contributed by atoms with E-state index >= 15 is 0 Å². The van der Waals surface area contributed by atoms with Gasteiger partial charge >= 0.3 is 30.8 Å². The van der Waals surface area contributed by atoms with Crippen molar-refractivity contribution in [3.63, 3.8) is 0 Å². The van der Waals surface area contributed by atoms with Crippen molar-refractivity contribution in [3.8, 4) is 0 Å². The Hall–Kier alpha value is -9.34. The molecule has 26 heteroatoms. The summed E-state index contributed by atoms with van der Waals surface area (Å²) in [6.07, 6.45) is 34.5. The summed E-state index contributed by atoms with van der Waals surface area (Å²) in [6.45, 7) is 28.1. The van der Waals surface area contributed by atoms with Gasteiger partial charge in [-0.25, -0.2) is 0 Å². The van der Waals surface area contributed by atoms with Crippen molar-refractivity contribution in [1.29, 1.82) is 0 Å². The number of likely N-dealkylation sites (N-methyl/N-ethyl adjacent to an activating group) is 2. The maximum absolute atomic E-state index is 9.67. The maximum Gasteiger partial charge on any atom is 0.762 e. The van der Waals surface area contributed by atoms with Crippen molar-refractivity contribution in [1.82, 2.24) is 0 Å². The van der Waals surface area contributed by atoms with Gasteiger partial charge in [-0.15, -0.1) is 0 Å². The fourth-order valence-electron chi connectivity index (χ4n) is 16.3. The zero-order chi connectivity index (χ0) is 78.3. The molecular formula is C86H104B4F16N6. The van der Waals surface area contributed by atoms with E-state index < -0.39 is 30.8 Å². The van der Waals surface area contributed by atoms with Gasteiger partial charge in [-0.2, -0.15) is 18.3 Å². The molecular weight excluding hydrogens is 1460 g/mol. The normalized spacial score (nSPS) is 17.5. The minimum Gasteiger partial charge on any atom is -1.00 e. The van der Waals surface area contributed by atoms with Crippen molar-refractivity contribution in [2.45, 2.75) is 154 Å². The van der Waals surface area contributed by atoms with E-state index in [0.717, 1.165) is 38.5 Å². The number of para-hydroxylation sites is 6. The van der Waals surface area contributed by atoms with E-state index in [4.69, 9.17) is 0 Å². The largest absolute Gasteiger partial charge is 1.00 e. The zero-order valence-electron chi connectivity index (χ0n) is 67.1. The topological polar surface area (TPSA) is 18.5 Å². The van der Waals surface area contributed by atoms with Gasteiger partial charge in [0, 0.05) is 119 Å². The van der Waals surface area contributed by atoms with Crippen LogP contribution in [-0.2, 0) is 32.5 Å². The smallest absolute Gasteiger partial charge is 0.762 e. The molecule has 6 aliphatic heterocycles. The van der Waals surface area contributed by atoms with Crippen molar-refractivity contribution in [2.24, 2.45) is 0 Å². The molecule has 0 aromatic heterocycles. The Morgan fingerprint density at radius 3 is 0.938 bits per heavy atom. The molecule has 6 aromatic rings. The van der Waals surface area contributed by atoms with E-state index in [9.17, 15) is 43.2 Å². The molecule has 12 rings (SSSR count). The summed E-state index contributed by atoms with van der Waals surface area (Å²) in [5.74, 6) is 0. The number of anilines is 2. The third-order valence-corrected chi connectivity index (χ3v) is 21.7. The van der Waals surface area contributed by atoms with Crippen molar-refractivity contribution >= 4 is 87.7 Å². The standard InChI is InChI=1S/C44H53N3.C42H49N3.2BF3.2BF2.6FH/c1-42(2)33-22-12-15-25-36(33)45(7)39(42)28-18-10-20-32(30-31-41-44(5,6)35-24-14-17-27-38(35)47(41)9)21-11-19-29-40-43(3,4)34-23-13-16-26-37(34)46(40)8;1-40(2)31-19-11-14-22-34(31)43(7)37(40)25-17-10-18-30(26-28-38-41(3,4)32-20-12-15-23-35(32)44(38)8)27-29-39-42(5,6)33-21-13-16-24-36(33)45(39)9;2*2-1(3)4;2*2-1-3;;;;;;/h12-18,21-31H,10-11,19-20H2,1-9H3;11-17,19-29H,10,18H2,1-9H3;;;;;6*1H/q2*+2;;;;;;;;;;/p-4. The Bertz CT molecular complexity index is 4510. The number of nitrogens with zero attached hydrogens (tertiary/aromatic N) is 6. The number of hydrogen-bond donors (Lipinski definition) is 0. The average molecular weight is 1570 g/mol. The van der Waals surface area contributed by atoms with Gasteiger partial charge in [0.15, 0.2) is 22.8 Å². The minimum absolute atomic E-state index is 0. The fourth-order valence-corrected chi connectivity index (χ4v) is 16.3. The Morgan fingerprint density at radius 1 is 0.366 bits per heavy atom. The molecule has 2 radical (unpaired) electrons. The van der Waals surface area contributed by atoms with Gasteiger partial charge in [0.1, 0.15) is 28.2 Å². The van der Waals surface area contributed by atoms with E-state index in [-0.39, 0.29) is 60.7 Å². The van der Waals surface area contributed by atoms with E-state index in [1.807, 2.05) is 0 Å². The van der Waals surface area contributed by atoms with Gasteiger partial charge in [-0.1, -0.05) is 185 Å².